The first-order valence-electron chi connectivity index (χ1n) is 7.19. The topological polar surface area (TPSA) is 12.0 Å². The van der Waals surface area contributed by atoms with Crippen molar-refractivity contribution >= 4 is 0 Å². The van der Waals surface area contributed by atoms with Crippen LogP contribution in [0.1, 0.15) is 63.1 Å². The van der Waals surface area contributed by atoms with Crippen LogP contribution in [0.4, 0.5) is 0 Å². The lowest BCUT2D eigenvalue weighted by Crippen LogP contribution is -2.31. The van der Waals surface area contributed by atoms with Crippen LogP contribution >= 0.6 is 0 Å². The zero-order valence-electron chi connectivity index (χ0n) is 11.2. The molecule has 1 N–H and O–H groups in total. The first-order valence-corrected chi connectivity index (χ1v) is 7.19. The van der Waals surface area contributed by atoms with Gasteiger partial charge < -0.3 is 5.32 Å². The Morgan fingerprint density at radius 1 is 1.29 bits per heavy atom. The van der Waals surface area contributed by atoms with Crippen LogP contribution in [0.25, 0.3) is 0 Å². The monoisotopic (exact) mass is 231 g/mol. The van der Waals surface area contributed by atoms with Gasteiger partial charge in [-0.05, 0) is 36.8 Å². The molecule has 17 heavy (non-hydrogen) atoms. The fourth-order valence-corrected chi connectivity index (χ4v) is 2.87. The van der Waals surface area contributed by atoms with Crippen LogP contribution in [0.5, 0.6) is 0 Å². The van der Waals surface area contributed by atoms with E-state index in [1.54, 1.807) is 11.1 Å². The Bertz CT molecular complexity index is 345. The Hall–Kier alpha value is -0.820. The first-order chi connectivity index (χ1) is 8.35. The molecule has 0 aliphatic heterocycles. The fraction of sp³-hybridized carbons (Fsp3) is 0.625. The number of benzene rings is 1. The van der Waals surface area contributed by atoms with E-state index in [4.69, 9.17) is 0 Å². The first kappa shape index (κ1) is 12.6. The summed E-state index contributed by atoms with van der Waals surface area (Å²) in [4.78, 5) is 0. The molecule has 1 aromatic rings. The highest BCUT2D eigenvalue weighted by Gasteiger charge is 2.23. The van der Waals surface area contributed by atoms with Crippen LogP contribution in [-0.2, 0) is 6.42 Å². The number of nitrogens with one attached hydrogen (secondary N) is 1. The van der Waals surface area contributed by atoms with Gasteiger partial charge in [0.2, 0.25) is 0 Å². The van der Waals surface area contributed by atoms with Gasteiger partial charge in [0.15, 0.2) is 0 Å². The van der Waals surface area contributed by atoms with Gasteiger partial charge in [-0.2, -0.15) is 0 Å². The largest absolute Gasteiger partial charge is 0.307 e. The number of fused-ring (bicyclic) bond motifs is 1. The van der Waals surface area contributed by atoms with E-state index in [1.165, 1.54) is 38.5 Å². The van der Waals surface area contributed by atoms with Crippen molar-refractivity contribution in [3.63, 3.8) is 0 Å². The van der Waals surface area contributed by atoms with Crippen molar-refractivity contribution in [2.45, 2.75) is 64.5 Å². The molecule has 0 radical (unpaired) electrons. The van der Waals surface area contributed by atoms with Gasteiger partial charge in [-0.1, -0.05) is 51.0 Å². The minimum Gasteiger partial charge on any atom is -0.307 e. The molecule has 0 heterocycles. The Morgan fingerprint density at radius 2 is 2.12 bits per heavy atom. The second-order valence-corrected chi connectivity index (χ2v) is 5.20. The SMILES string of the molecule is CCCCC(CC)NC1CCc2ccccc21. The summed E-state index contributed by atoms with van der Waals surface area (Å²) in [6.45, 7) is 4.58. The second kappa shape index (κ2) is 6.20. The molecule has 1 heteroatoms. The molecule has 1 aliphatic carbocycles. The standard InChI is InChI=1S/C16H25N/c1-3-5-9-14(4-2)17-16-12-11-13-8-6-7-10-15(13)16/h6-8,10,14,16-17H,3-5,9,11-12H2,1-2H3. The molecular formula is C16H25N. The van der Waals surface area contributed by atoms with Crippen molar-refractivity contribution < 1.29 is 0 Å². The van der Waals surface area contributed by atoms with Crippen LogP contribution in [0, 0.1) is 0 Å². The minimum atomic E-state index is 0.605. The molecule has 1 nitrogen and oxygen atoms in total. The molecular weight excluding hydrogens is 206 g/mol. The van der Waals surface area contributed by atoms with Crippen molar-refractivity contribution in [3.8, 4) is 0 Å². The summed E-state index contributed by atoms with van der Waals surface area (Å²) < 4.78 is 0. The van der Waals surface area contributed by atoms with E-state index < -0.39 is 0 Å². The summed E-state index contributed by atoms with van der Waals surface area (Å²) in [7, 11) is 0. The van der Waals surface area contributed by atoms with Crippen LogP contribution in [0.3, 0.4) is 0 Å². The van der Waals surface area contributed by atoms with E-state index in [9.17, 15) is 0 Å². The van der Waals surface area contributed by atoms with Crippen molar-refractivity contribution in [1.29, 1.82) is 0 Å². The third-order valence-corrected chi connectivity index (χ3v) is 3.97. The van der Waals surface area contributed by atoms with Gasteiger partial charge in [-0.15, -0.1) is 0 Å². The molecule has 0 saturated heterocycles. The summed E-state index contributed by atoms with van der Waals surface area (Å²) in [5, 5.41) is 3.86. The van der Waals surface area contributed by atoms with E-state index in [-0.39, 0.29) is 0 Å². The van der Waals surface area contributed by atoms with E-state index in [0.29, 0.717) is 12.1 Å². The second-order valence-electron chi connectivity index (χ2n) is 5.20. The highest BCUT2D eigenvalue weighted by Crippen LogP contribution is 2.31. The Morgan fingerprint density at radius 3 is 2.88 bits per heavy atom. The molecule has 0 saturated carbocycles. The molecule has 0 amide bonds. The Balaban J connectivity index is 1.95. The van der Waals surface area contributed by atoms with Crippen molar-refractivity contribution in [2.24, 2.45) is 0 Å². The van der Waals surface area contributed by atoms with Crippen molar-refractivity contribution in [1.82, 2.24) is 5.32 Å². The Labute approximate surface area is 106 Å². The fourth-order valence-electron chi connectivity index (χ4n) is 2.87. The maximum absolute atomic E-state index is 3.86. The van der Waals surface area contributed by atoms with E-state index in [1.807, 2.05) is 0 Å². The van der Waals surface area contributed by atoms with E-state index >= 15 is 0 Å². The van der Waals surface area contributed by atoms with Gasteiger partial charge in [0.1, 0.15) is 0 Å². The van der Waals surface area contributed by atoms with Crippen LogP contribution in [-0.4, -0.2) is 6.04 Å². The van der Waals surface area contributed by atoms with Gasteiger partial charge in [-0.3, -0.25) is 0 Å². The lowest BCUT2D eigenvalue weighted by molar-refractivity contribution is 0.394. The third kappa shape index (κ3) is 3.10. The van der Waals surface area contributed by atoms with Crippen LogP contribution < -0.4 is 5.32 Å². The molecule has 2 rings (SSSR count). The lowest BCUT2D eigenvalue weighted by Gasteiger charge is -2.22. The molecule has 2 unspecified atom stereocenters. The maximum atomic E-state index is 3.86. The molecule has 0 fully saturated rings. The van der Waals surface area contributed by atoms with Gasteiger partial charge >= 0.3 is 0 Å². The molecule has 1 aliphatic rings. The quantitative estimate of drug-likeness (QED) is 0.772. The molecule has 94 valence electrons. The smallest absolute Gasteiger partial charge is 0.0328 e. The number of unbranched alkanes of at least 4 members (excludes halogenated alkanes) is 1. The predicted molar refractivity (Wildman–Crippen MR) is 74.2 cm³/mol. The Kier molecular flexibility index (Phi) is 4.61. The summed E-state index contributed by atoms with van der Waals surface area (Å²) >= 11 is 0. The summed E-state index contributed by atoms with van der Waals surface area (Å²) in [5.74, 6) is 0. The molecule has 0 bridgehead atoms. The van der Waals surface area contributed by atoms with Crippen LogP contribution in [0.15, 0.2) is 24.3 Å². The highest BCUT2D eigenvalue weighted by molar-refractivity contribution is 5.34. The number of hydrogen-bond donors (Lipinski definition) is 1. The zero-order chi connectivity index (χ0) is 12.1. The minimum absolute atomic E-state index is 0.605. The molecule has 2 atom stereocenters. The number of hydrogen-bond acceptors (Lipinski definition) is 1. The van der Waals surface area contributed by atoms with E-state index in [0.717, 1.165) is 0 Å². The summed E-state index contributed by atoms with van der Waals surface area (Å²) in [6, 6.07) is 10.2. The van der Waals surface area contributed by atoms with Crippen molar-refractivity contribution in [2.75, 3.05) is 0 Å². The van der Waals surface area contributed by atoms with Gasteiger partial charge in [0, 0.05) is 12.1 Å². The number of rotatable bonds is 6. The molecule has 0 aromatic heterocycles. The average molecular weight is 231 g/mol. The molecule has 0 spiro atoms. The zero-order valence-corrected chi connectivity index (χ0v) is 11.2. The lowest BCUT2D eigenvalue weighted by atomic mass is 10.0. The third-order valence-electron chi connectivity index (χ3n) is 3.97. The van der Waals surface area contributed by atoms with Gasteiger partial charge in [-0.25, -0.2) is 0 Å². The van der Waals surface area contributed by atoms with Gasteiger partial charge in [0.25, 0.3) is 0 Å². The highest BCUT2D eigenvalue weighted by atomic mass is 15.0. The summed E-state index contributed by atoms with van der Waals surface area (Å²) in [6.07, 6.45) is 7.75. The average Bonchev–Trinajstić information content (AvgIpc) is 2.78. The van der Waals surface area contributed by atoms with E-state index in [2.05, 4.69) is 43.4 Å². The summed E-state index contributed by atoms with van der Waals surface area (Å²) in [5.41, 5.74) is 3.10. The maximum Gasteiger partial charge on any atom is 0.0328 e. The molecule has 1 aromatic carbocycles. The van der Waals surface area contributed by atoms with Crippen LogP contribution in [0.2, 0.25) is 0 Å². The van der Waals surface area contributed by atoms with Gasteiger partial charge in [0.05, 0.1) is 0 Å². The van der Waals surface area contributed by atoms with Crippen molar-refractivity contribution in [3.05, 3.63) is 35.4 Å². The normalized spacial score (nSPS) is 20.2. The predicted octanol–water partition coefficient (Wildman–Crippen LogP) is 4.23. The number of aryl methyl sites for hydroxylation is 1.